The number of nitriles is 1. The molecule has 0 fully saturated rings. The highest BCUT2D eigenvalue weighted by Crippen LogP contribution is 2.20. The van der Waals surface area contributed by atoms with Crippen molar-refractivity contribution in [2.24, 2.45) is 5.92 Å². The third kappa shape index (κ3) is 3.26. The lowest BCUT2D eigenvalue weighted by Crippen LogP contribution is -2.26. The maximum atomic E-state index is 11.5. The van der Waals surface area contributed by atoms with Gasteiger partial charge in [0.25, 0.3) is 5.91 Å². The molecule has 0 radical (unpaired) electrons. The molecular weight excluding hydrogens is 212 g/mol. The van der Waals surface area contributed by atoms with Crippen LogP contribution in [0, 0.1) is 17.2 Å². The molecule has 4 nitrogen and oxygen atoms in total. The molecule has 0 aliphatic heterocycles. The molecule has 0 aromatic carbocycles. The summed E-state index contributed by atoms with van der Waals surface area (Å²) in [6.07, 6.45) is 0. The number of hydrogen-bond acceptors (Lipinski definition) is 4. The van der Waals surface area contributed by atoms with E-state index in [1.807, 2.05) is 0 Å². The SMILES string of the molecule is COc1csc(C(=O)NCC(C)C#N)c1. The molecule has 1 amide bonds. The van der Waals surface area contributed by atoms with E-state index in [-0.39, 0.29) is 11.8 Å². The molecule has 1 aromatic rings. The van der Waals surface area contributed by atoms with E-state index in [0.717, 1.165) is 0 Å². The highest BCUT2D eigenvalue weighted by molar-refractivity contribution is 7.12. The molecule has 1 unspecified atom stereocenters. The lowest BCUT2D eigenvalue weighted by molar-refractivity contribution is 0.0954. The highest BCUT2D eigenvalue weighted by Gasteiger charge is 2.10. The molecule has 1 heterocycles. The fraction of sp³-hybridized carbons (Fsp3) is 0.400. The number of hydrogen-bond donors (Lipinski definition) is 1. The number of carbonyl (C=O) groups is 1. The molecule has 0 spiro atoms. The van der Waals surface area contributed by atoms with Crippen molar-refractivity contribution < 1.29 is 9.53 Å². The van der Waals surface area contributed by atoms with Crippen molar-refractivity contribution in [3.8, 4) is 11.8 Å². The first kappa shape index (κ1) is 11.5. The van der Waals surface area contributed by atoms with Crippen molar-refractivity contribution in [2.75, 3.05) is 13.7 Å². The predicted molar refractivity (Wildman–Crippen MR) is 58.0 cm³/mol. The second kappa shape index (κ2) is 5.37. The Kier molecular flexibility index (Phi) is 4.13. The Labute approximate surface area is 92.5 Å². The summed E-state index contributed by atoms with van der Waals surface area (Å²) in [5.41, 5.74) is 0. The molecular formula is C10H12N2O2S. The van der Waals surface area contributed by atoms with Gasteiger partial charge in [0.05, 0.1) is 24.0 Å². The van der Waals surface area contributed by atoms with E-state index in [9.17, 15) is 4.79 Å². The van der Waals surface area contributed by atoms with Crippen LogP contribution in [0.15, 0.2) is 11.4 Å². The topological polar surface area (TPSA) is 62.1 Å². The number of nitrogens with one attached hydrogen (secondary N) is 1. The summed E-state index contributed by atoms with van der Waals surface area (Å²) in [6, 6.07) is 3.73. The molecule has 0 bridgehead atoms. The maximum absolute atomic E-state index is 11.5. The van der Waals surface area contributed by atoms with Crippen molar-refractivity contribution in [3.05, 3.63) is 16.3 Å². The van der Waals surface area contributed by atoms with Gasteiger partial charge in [0.2, 0.25) is 0 Å². The van der Waals surface area contributed by atoms with Gasteiger partial charge in [-0.15, -0.1) is 11.3 Å². The van der Waals surface area contributed by atoms with E-state index < -0.39 is 0 Å². The second-order valence-corrected chi connectivity index (χ2v) is 4.00. The molecule has 0 aliphatic carbocycles. The van der Waals surface area contributed by atoms with E-state index >= 15 is 0 Å². The number of rotatable bonds is 4. The van der Waals surface area contributed by atoms with Crippen LogP contribution in [0.3, 0.4) is 0 Å². The summed E-state index contributed by atoms with van der Waals surface area (Å²) < 4.78 is 4.97. The highest BCUT2D eigenvalue weighted by atomic mass is 32.1. The largest absolute Gasteiger partial charge is 0.496 e. The lowest BCUT2D eigenvalue weighted by Gasteiger charge is -2.03. The Balaban J connectivity index is 2.51. The Morgan fingerprint density at radius 1 is 1.80 bits per heavy atom. The molecule has 1 rings (SSSR count). The third-order valence-corrected chi connectivity index (χ3v) is 2.73. The van der Waals surface area contributed by atoms with E-state index in [1.165, 1.54) is 11.3 Å². The Morgan fingerprint density at radius 2 is 2.53 bits per heavy atom. The quantitative estimate of drug-likeness (QED) is 0.845. The fourth-order valence-corrected chi connectivity index (χ4v) is 1.69. The molecule has 0 saturated carbocycles. The number of thiophene rings is 1. The van der Waals surface area contributed by atoms with Gasteiger partial charge in [-0.1, -0.05) is 0 Å². The predicted octanol–water partition coefficient (Wildman–Crippen LogP) is 1.65. The zero-order chi connectivity index (χ0) is 11.3. The third-order valence-electron chi connectivity index (χ3n) is 1.82. The van der Waals surface area contributed by atoms with E-state index in [1.54, 1.807) is 25.5 Å². The van der Waals surface area contributed by atoms with Crippen LogP contribution in [0.2, 0.25) is 0 Å². The maximum Gasteiger partial charge on any atom is 0.261 e. The first-order chi connectivity index (χ1) is 7.17. The summed E-state index contributed by atoms with van der Waals surface area (Å²) in [4.78, 5) is 12.1. The van der Waals surface area contributed by atoms with Crippen molar-refractivity contribution in [3.63, 3.8) is 0 Å². The molecule has 15 heavy (non-hydrogen) atoms. The van der Waals surface area contributed by atoms with Crippen molar-refractivity contribution in [2.45, 2.75) is 6.92 Å². The number of ether oxygens (including phenoxy) is 1. The average Bonchev–Trinajstić information content (AvgIpc) is 2.73. The average molecular weight is 224 g/mol. The summed E-state index contributed by atoms with van der Waals surface area (Å²) in [5.74, 6) is 0.347. The van der Waals surface area contributed by atoms with Crippen LogP contribution in [0.5, 0.6) is 5.75 Å². The van der Waals surface area contributed by atoms with Gasteiger partial charge in [-0.3, -0.25) is 4.79 Å². The minimum absolute atomic E-state index is 0.162. The Morgan fingerprint density at radius 3 is 3.07 bits per heavy atom. The van der Waals surface area contributed by atoms with Crippen LogP contribution in [-0.4, -0.2) is 19.6 Å². The number of nitrogens with zero attached hydrogens (tertiary/aromatic N) is 1. The first-order valence-corrected chi connectivity index (χ1v) is 5.35. The standard InChI is InChI=1S/C10H12N2O2S/c1-7(4-11)5-12-10(13)9-3-8(14-2)6-15-9/h3,6-7H,5H2,1-2H3,(H,12,13). The number of methoxy groups -OCH3 is 1. The molecule has 1 aromatic heterocycles. The van der Waals surface area contributed by atoms with Gasteiger partial charge < -0.3 is 10.1 Å². The molecule has 5 heteroatoms. The fourth-order valence-electron chi connectivity index (χ4n) is 0.923. The summed E-state index contributed by atoms with van der Waals surface area (Å²) in [5, 5.41) is 13.0. The van der Waals surface area contributed by atoms with Crippen LogP contribution in [0.1, 0.15) is 16.6 Å². The first-order valence-electron chi connectivity index (χ1n) is 4.47. The van der Waals surface area contributed by atoms with Crippen LogP contribution < -0.4 is 10.1 Å². The van der Waals surface area contributed by atoms with Gasteiger partial charge in [0.1, 0.15) is 5.75 Å². The Hall–Kier alpha value is -1.54. The van der Waals surface area contributed by atoms with E-state index in [2.05, 4.69) is 11.4 Å². The summed E-state index contributed by atoms with van der Waals surface area (Å²) in [6.45, 7) is 2.13. The minimum atomic E-state index is -0.171. The number of amides is 1. The van der Waals surface area contributed by atoms with Crippen LogP contribution in [0.25, 0.3) is 0 Å². The summed E-state index contributed by atoms with van der Waals surface area (Å²) >= 11 is 1.32. The lowest BCUT2D eigenvalue weighted by atomic mass is 10.2. The van der Waals surface area contributed by atoms with E-state index in [4.69, 9.17) is 10.00 Å². The zero-order valence-electron chi connectivity index (χ0n) is 8.61. The monoisotopic (exact) mass is 224 g/mol. The summed E-state index contributed by atoms with van der Waals surface area (Å²) in [7, 11) is 1.56. The van der Waals surface area contributed by atoms with Crippen molar-refractivity contribution in [1.82, 2.24) is 5.32 Å². The molecule has 1 atom stereocenters. The van der Waals surface area contributed by atoms with Gasteiger partial charge in [0, 0.05) is 18.0 Å². The molecule has 0 aliphatic rings. The Bertz CT molecular complexity index is 381. The van der Waals surface area contributed by atoms with Gasteiger partial charge in [-0.05, 0) is 6.92 Å². The van der Waals surface area contributed by atoms with E-state index in [0.29, 0.717) is 17.2 Å². The molecule has 0 saturated heterocycles. The minimum Gasteiger partial charge on any atom is -0.496 e. The zero-order valence-corrected chi connectivity index (χ0v) is 9.43. The van der Waals surface area contributed by atoms with Crippen LogP contribution in [0.4, 0.5) is 0 Å². The van der Waals surface area contributed by atoms with Crippen LogP contribution in [-0.2, 0) is 0 Å². The van der Waals surface area contributed by atoms with Crippen molar-refractivity contribution in [1.29, 1.82) is 5.26 Å². The molecule has 1 N–H and O–H groups in total. The smallest absolute Gasteiger partial charge is 0.261 e. The van der Waals surface area contributed by atoms with Gasteiger partial charge >= 0.3 is 0 Å². The number of carbonyl (C=O) groups excluding carboxylic acids is 1. The second-order valence-electron chi connectivity index (χ2n) is 3.09. The van der Waals surface area contributed by atoms with Gasteiger partial charge in [-0.2, -0.15) is 5.26 Å². The normalized spacial score (nSPS) is 11.5. The van der Waals surface area contributed by atoms with Gasteiger partial charge in [-0.25, -0.2) is 0 Å². The van der Waals surface area contributed by atoms with Crippen LogP contribution >= 0.6 is 11.3 Å². The molecule has 80 valence electrons. The van der Waals surface area contributed by atoms with Gasteiger partial charge in [0.15, 0.2) is 0 Å². The van der Waals surface area contributed by atoms with Crippen molar-refractivity contribution >= 4 is 17.2 Å².